The molecule has 0 spiro atoms. The summed E-state index contributed by atoms with van der Waals surface area (Å²) in [6.45, 7) is 0.981. The number of anilines is 1. The van der Waals surface area contributed by atoms with Crippen LogP contribution in [-0.2, 0) is 6.42 Å². The number of nitrogens with one attached hydrogen (secondary N) is 2. The Hall–Kier alpha value is -2.20. The minimum absolute atomic E-state index is 0. The molecule has 5 heteroatoms. The Morgan fingerprint density at radius 2 is 1.96 bits per heavy atom. The van der Waals surface area contributed by atoms with Gasteiger partial charge < -0.3 is 15.4 Å². The summed E-state index contributed by atoms with van der Waals surface area (Å²) in [5.74, 6) is 1.41. The van der Waals surface area contributed by atoms with Gasteiger partial charge in [0, 0.05) is 17.8 Å². The fourth-order valence-electron chi connectivity index (χ4n) is 3.66. The first-order valence-corrected chi connectivity index (χ1v) is 9.07. The summed E-state index contributed by atoms with van der Waals surface area (Å²) in [5.41, 5.74) is 4.21. The fourth-order valence-corrected chi connectivity index (χ4v) is 3.66. The van der Waals surface area contributed by atoms with Gasteiger partial charge in [-0.3, -0.25) is 4.79 Å². The third-order valence-corrected chi connectivity index (χ3v) is 5.19. The molecule has 2 N–H and O–H groups in total. The van der Waals surface area contributed by atoms with Crippen molar-refractivity contribution >= 4 is 24.0 Å². The molecule has 1 aliphatic heterocycles. The molecular formula is C21H25ClN2O2. The van der Waals surface area contributed by atoms with E-state index in [4.69, 9.17) is 4.74 Å². The van der Waals surface area contributed by atoms with Gasteiger partial charge in [0.25, 0.3) is 5.91 Å². The Morgan fingerprint density at radius 1 is 1.19 bits per heavy atom. The number of rotatable bonds is 5. The second kappa shape index (κ2) is 8.00. The number of hydrogen-bond donors (Lipinski definition) is 2. The summed E-state index contributed by atoms with van der Waals surface area (Å²) >= 11 is 0. The van der Waals surface area contributed by atoms with Crippen LogP contribution >= 0.6 is 12.4 Å². The number of halogens is 1. The van der Waals surface area contributed by atoms with E-state index in [1.807, 2.05) is 24.3 Å². The minimum atomic E-state index is 0. The summed E-state index contributed by atoms with van der Waals surface area (Å²) in [6, 6.07) is 14.1. The third-order valence-electron chi connectivity index (χ3n) is 5.19. The first kappa shape index (κ1) is 18.6. The largest absolute Gasteiger partial charge is 0.497 e. The van der Waals surface area contributed by atoms with Gasteiger partial charge in [-0.25, -0.2) is 0 Å². The summed E-state index contributed by atoms with van der Waals surface area (Å²) in [6.07, 6.45) is 4.38. The van der Waals surface area contributed by atoms with E-state index in [0.29, 0.717) is 5.92 Å². The highest BCUT2D eigenvalue weighted by atomic mass is 35.5. The van der Waals surface area contributed by atoms with Crippen LogP contribution in [0.5, 0.6) is 5.75 Å². The molecule has 2 aliphatic rings. The Balaban J connectivity index is 0.00000196. The maximum Gasteiger partial charge on any atom is 0.252 e. The normalized spacial score (nSPS) is 16.5. The van der Waals surface area contributed by atoms with Gasteiger partial charge in [-0.1, -0.05) is 18.2 Å². The monoisotopic (exact) mass is 372 g/mol. The van der Waals surface area contributed by atoms with Gasteiger partial charge in [-0.15, -0.1) is 12.4 Å². The average molecular weight is 373 g/mol. The van der Waals surface area contributed by atoms with Crippen LogP contribution in [0.25, 0.3) is 0 Å². The van der Waals surface area contributed by atoms with Crippen molar-refractivity contribution in [3.8, 4) is 5.75 Å². The smallest absolute Gasteiger partial charge is 0.252 e. The molecule has 1 atom stereocenters. The molecule has 4 rings (SSSR count). The highest BCUT2D eigenvalue weighted by Gasteiger charge is 2.34. The highest BCUT2D eigenvalue weighted by molar-refractivity contribution is 5.97. The summed E-state index contributed by atoms with van der Waals surface area (Å²) in [7, 11) is 1.67. The second-order valence-electron chi connectivity index (χ2n) is 6.92. The zero-order chi connectivity index (χ0) is 17.2. The SMILES string of the molecule is COc1ccc(C(NC(=O)c2cccc3c2CCCN3)C2CC2)cc1.Cl. The predicted molar refractivity (Wildman–Crippen MR) is 106 cm³/mol. The van der Waals surface area contributed by atoms with E-state index in [2.05, 4.69) is 28.8 Å². The molecule has 2 aromatic carbocycles. The quantitative estimate of drug-likeness (QED) is 0.820. The van der Waals surface area contributed by atoms with Gasteiger partial charge >= 0.3 is 0 Å². The van der Waals surface area contributed by atoms with Crippen molar-refractivity contribution in [2.75, 3.05) is 19.0 Å². The van der Waals surface area contributed by atoms with E-state index in [-0.39, 0.29) is 24.4 Å². The molecule has 1 aliphatic carbocycles. The molecule has 0 bridgehead atoms. The Labute approximate surface area is 160 Å². The molecule has 1 amide bonds. The molecule has 1 heterocycles. The number of hydrogen-bond acceptors (Lipinski definition) is 3. The fraction of sp³-hybridized carbons (Fsp3) is 0.381. The molecule has 138 valence electrons. The molecule has 0 aromatic heterocycles. The van der Waals surface area contributed by atoms with Crippen molar-refractivity contribution in [2.24, 2.45) is 5.92 Å². The zero-order valence-corrected chi connectivity index (χ0v) is 15.8. The van der Waals surface area contributed by atoms with Crippen molar-refractivity contribution in [2.45, 2.75) is 31.7 Å². The molecule has 1 unspecified atom stereocenters. The standard InChI is InChI=1S/C21H24N2O2.ClH/c1-25-16-11-9-15(10-12-16)20(14-7-8-14)23-21(24)18-4-2-6-19-17(18)5-3-13-22-19;/h2,4,6,9-12,14,20,22H,3,5,7-8,13H2,1H3,(H,23,24);1H. The molecule has 26 heavy (non-hydrogen) atoms. The minimum Gasteiger partial charge on any atom is -0.497 e. The lowest BCUT2D eigenvalue weighted by molar-refractivity contribution is 0.0930. The number of methoxy groups -OCH3 is 1. The van der Waals surface area contributed by atoms with Crippen molar-refractivity contribution in [1.29, 1.82) is 0 Å². The van der Waals surface area contributed by atoms with E-state index in [1.165, 1.54) is 12.8 Å². The maximum atomic E-state index is 13.0. The topological polar surface area (TPSA) is 50.4 Å². The number of carbonyl (C=O) groups is 1. The number of amides is 1. The number of benzene rings is 2. The first-order chi connectivity index (χ1) is 12.3. The number of carbonyl (C=O) groups excluding carboxylic acids is 1. The molecule has 2 aromatic rings. The number of fused-ring (bicyclic) bond motifs is 1. The molecule has 4 nitrogen and oxygen atoms in total. The van der Waals surface area contributed by atoms with Crippen molar-refractivity contribution in [3.05, 3.63) is 59.2 Å². The van der Waals surface area contributed by atoms with Crippen molar-refractivity contribution in [1.82, 2.24) is 5.32 Å². The molecule has 0 radical (unpaired) electrons. The van der Waals surface area contributed by atoms with E-state index in [1.54, 1.807) is 7.11 Å². The summed E-state index contributed by atoms with van der Waals surface area (Å²) in [4.78, 5) is 13.0. The molecule has 1 saturated carbocycles. The lowest BCUT2D eigenvalue weighted by Crippen LogP contribution is -2.31. The van der Waals surface area contributed by atoms with Crippen LogP contribution in [0.15, 0.2) is 42.5 Å². The van der Waals surface area contributed by atoms with Crippen LogP contribution in [-0.4, -0.2) is 19.6 Å². The zero-order valence-electron chi connectivity index (χ0n) is 15.0. The Bertz CT molecular complexity index is 772. The highest BCUT2D eigenvalue weighted by Crippen LogP contribution is 2.41. The molecular weight excluding hydrogens is 348 g/mol. The van der Waals surface area contributed by atoms with Crippen LogP contribution in [0.1, 0.15) is 46.8 Å². The number of ether oxygens (including phenoxy) is 1. The van der Waals surface area contributed by atoms with Crippen molar-refractivity contribution < 1.29 is 9.53 Å². The van der Waals surface area contributed by atoms with Crippen LogP contribution in [0.2, 0.25) is 0 Å². The van der Waals surface area contributed by atoms with Gasteiger partial charge in [0.2, 0.25) is 0 Å². The maximum absolute atomic E-state index is 13.0. The summed E-state index contributed by atoms with van der Waals surface area (Å²) < 4.78 is 5.24. The molecule has 1 fully saturated rings. The van der Waals surface area contributed by atoms with E-state index < -0.39 is 0 Å². The first-order valence-electron chi connectivity index (χ1n) is 9.07. The second-order valence-corrected chi connectivity index (χ2v) is 6.92. The van der Waals surface area contributed by atoms with Crippen LogP contribution in [0, 0.1) is 5.92 Å². The van der Waals surface area contributed by atoms with E-state index in [0.717, 1.165) is 47.5 Å². The summed E-state index contributed by atoms with van der Waals surface area (Å²) in [5, 5.41) is 6.69. The average Bonchev–Trinajstić information content (AvgIpc) is 3.50. The van der Waals surface area contributed by atoms with Gasteiger partial charge in [0.05, 0.1) is 13.2 Å². The Kier molecular flexibility index (Phi) is 5.72. The van der Waals surface area contributed by atoms with Crippen LogP contribution in [0.3, 0.4) is 0 Å². The van der Waals surface area contributed by atoms with E-state index in [9.17, 15) is 4.79 Å². The lowest BCUT2D eigenvalue weighted by atomic mass is 9.96. The van der Waals surface area contributed by atoms with Gasteiger partial charge in [0.1, 0.15) is 5.75 Å². The molecule has 0 saturated heterocycles. The van der Waals surface area contributed by atoms with Crippen LogP contribution in [0.4, 0.5) is 5.69 Å². The van der Waals surface area contributed by atoms with Gasteiger partial charge in [-0.2, -0.15) is 0 Å². The van der Waals surface area contributed by atoms with Gasteiger partial charge in [0.15, 0.2) is 0 Å². The van der Waals surface area contributed by atoms with Crippen molar-refractivity contribution in [3.63, 3.8) is 0 Å². The van der Waals surface area contributed by atoms with Crippen LogP contribution < -0.4 is 15.4 Å². The predicted octanol–water partition coefficient (Wildman–Crippen LogP) is 4.36. The Morgan fingerprint density at radius 3 is 2.65 bits per heavy atom. The van der Waals surface area contributed by atoms with E-state index >= 15 is 0 Å². The third kappa shape index (κ3) is 3.80. The van der Waals surface area contributed by atoms with Gasteiger partial charge in [-0.05, 0) is 67.0 Å². The lowest BCUT2D eigenvalue weighted by Gasteiger charge is -2.23.